The summed E-state index contributed by atoms with van der Waals surface area (Å²) in [6, 6.07) is 15.1. The van der Waals surface area contributed by atoms with E-state index in [1.807, 2.05) is 49.4 Å². The van der Waals surface area contributed by atoms with Gasteiger partial charge in [-0.2, -0.15) is 0 Å². The molecule has 0 saturated carbocycles. The van der Waals surface area contributed by atoms with Crippen LogP contribution in [-0.4, -0.2) is 27.6 Å². The average Bonchev–Trinajstić information content (AvgIpc) is 2.96. The molecule has 2 aromatic rings. The molecule has 0 spiro atoms. The van der Waals surface area contributed by atoms with Gasteiger partial charge in [-0.15, -0.1) is 0 Å². The highest BCUT2D eigenvalue weighted by Crippen LogP contribution is 2.33. The van der Waals surface area contributed by atoms with Gasteiger partial charge in [-0.3, -0.25) is 14.5 Å². The summed E-state index contributed by atoms with van der Waals surface area (Å²) < 4.78 is 0.581. The van der Waals surface area contributed by atoms with Gasteiger partial charge in [-0.1, -0.05) is 66.3 Å². The summed E-state index contributed by atoms with van der Waals surface area (Å²) in [7, 11) is 0. The lowest BCUT2D eigenvalue weighted by Crippen LogP contribution is -2.29. The number of benzene rings is 2. The first-order valence-electron chi connectivity index (χ1n) is 9.80. The van der Waals surface area contributed by atoms with Crippen molar-refractivity contribution < 1.29 is 9.59 Å². The first kappa shape index (κ1) is 22.5. The molecule has 0 bridgehead atoms. The first-order valence-corrected chi connectivity index (χ1v) is 11.4. The van der Waals surface area contributed by atoms with E-state index in [9.17, 15) is 9.59 Å². The van der Waals surface area contributed by atoms with Crippen molar-refractivity contribution in [3.63, 3.8) is 0 Å². The predicted molar refractivity (Wildman–Crippen MR) is 130 cm³/mol. The number of nitrogens with one attached hydrogen (secondary N) is 1. The molecule has 30 heavy (non-hydrogen) atoms. The number of aryl methyl sites for hydroxylation is 1. The molecule has 0 aliphatic carbocycles. The van der Waals surface area contributed by atoms with E-state index < -0.39 is 0 Å². The summed E-state index contributed by atoms with van der Waals surface area (Å²) in [5.41, 5.74) is 2.85. The molecule has 1 aliphatic heterocycles. The lowest BCUT2D eigenvalue weighted by Gasteiger charge is -2.14. The second-order valence-corrected chi connectivity index (χ2v) is 9.23. The standard InChI is InChI=1S/C23H23ClN2O2S2/c1-16-6-5-7-19(14-16)25-21(27)8-3-2-4-13-26-22(28)20(30-23(26)29)15-17-9-11-18(24)12-10-17/h5-7,9-12,14-15H,2-4,8,13H2,1H3,(H,25,27). The van der Waals surface area contributed by atoms with Gasteiger partial charge in [-0.25, -0.2) is 0 Å². The van der Waals surface area contributed by atoms with Crippen LogP contribution >= 0.6 is 35.6 Å². The van der Waals surface area contributed by atoms with E-state index in [-0.39, 0.29) is 11.8 Å². The number of carbonyl (C=O) groups excluding carboxylic acids is 2. The van der Waals surface area contributed by atoms with Crippen LogP contribution in [0.2, 0.25) is 5.02 Å². The Morgan fingerprint density at radius 3 is 2.67 bits per heavy atom. The van der Waals surface area contributed by atoms with Crippen molar-refractivity contribution >= 4 is 63.5 Å². The highest BCUT2D eigenvalue weighted by Gasteiger charge is 2.31. The number of thiocarbonyl (C=S) groups is 1. The van der Waals surface area contributed by atoms with E-state index >= 15 is 0 Å². The fraction of sp³-hybridized carbons (Fsp3) is 0.261. The van der Waals surface area contributed by atoms with Gasteiger partial charge < -0.3 is 5.32 Å². The van der Waals surface area contributed by atoms with Gasteiger partial charge in [0.1, 0.15) is 4.32 Å². The van der Waals surface area contributed by atoms with E-state index in [1.165, 1.54) is 11.8 Å². The summed E-state index contributed by atoms with van der Waals surface area (Å²) in [6.07, 6.45) is 4.73. The highest BCUT2D eigenvalue weighted by molar-refractivity contribution is 8.26. The maximum Gasteiger partial charge on any atom is 0.266 e. The van der Waals surface area contributed by atoms with Crippen LogP contribution in [0, 0.1) is 6.92 Å². The maximum atomic E-state index is 12.6. The summed E-state index contributed by atoms with van der Waals surface area (Å²) in [6.45, 7) is 2.57. The fourth-order valence-corrected chi connectivity index (χ4v) is 4.52. The fourth-order valence-electron chi connectivity index (χ4n) is 3.08. The minimum Gasteiger partial charge on any atom is -0.326 e. The molecule has 3 rings (SSSR count). The van der Waals surface area contributed by atoms with Crippen LogP contribution in [0.3, 0.4) is 0 Å². The van der Waals surface area contributed by atoms with Gasteiger partial charge in [0.25, 0.3) is 5.91 Å². The van der Waals surface area contributed by atoms with Crippen LogP contribution < -0.4 is 5.32 Å². The van der Waals surface area contributed by atoms with Crippen LogP contribution in [0.25, 0.3) is 6.08 Å². The number of rotatable bonds is 8. The molecule has 7 heteroatoms. The van der Waals surface area contributed by atoms with Crippen molar-refractivity contribution in [1.82, 2.24) is 4.90 Å². The van der Waals surface area contributed by atoms with Crippen LogP contribution in [0.1, 0.15) is 36.8 Å². The number of thioether (sulfide) groups is 1. The number of unbranched alkanes of at least 4 members (excludes halogenated alkanes) is 2. The molecule has 1 fully saturated rings. The van der Waals surface area contributed by atoms with E-state index in [4.69, 9.17) is 23.8 Å². The summed E-state index contributed by atoms with van der Waals surface area (Å²) in [5.74, 6) is -0.0470. The lowest BCUT2D eigenvalue weighted by molar-refractivity contribution is -0.122. The van der Waals surface area contributed by atoms with Crippen molar-refractivity contribution in [2.45, 2.75) is 32.6 Å². The van der Waals surface area contributed by atoms with E-state index in [0.29, 0.717) is 27.2 Å². The van der Waals surface area contributed by atoms with Gasteiger partial charge in [0, 0.05) is 23.7 Å². The Bertz CT molecular complexity index is 973. The molecule has 2 amide bonds. The minimum absolute atomic E-state index is 0.0112. The monoisotopic (exact) mass is 458 g/mol. The number of carbonyl (C=O) groups is 2. The largest absolute Gasteiger partial charge is 0.326 e. The summed E-state index contributed by atoms with van der Waals surface area (Å²) >= 11 is 12.6. The van der Waals surface area contributed by atoms with Crippen LogP contribution in [-0.2, 0) is 9.59 Å². The second-order valence-electron chi connectivity index (χ2n) is 7.11. The molecule has 0 radical (unpaired) electrons. The zero-order valence-corrected chi connectivity index (χ0v) is 19.1. The molecule has 156 valence electrons. The van der Waals surface area contributed by atoms with Crippen molar-refractivity contribution in [2.75, 3.05) is 11.9 Å². The second kappa shape index (κ2) is 10.8. The average molecular weight is 459 g/mol. The molecular weight excluding hydrogens is 436 g/mol. The van der Waals surface area contributed by atoms with Crippen LogP contribution in [0.5, 0.6) is 0 Å². The van der Waals surface area contributed by atoms with Crippen molar-refractivity contribution in [3.8, 4) is 0 Å². The first-order chi connectivity index (χ1) is 14.4. The Hall–Kier alpha value is -2.15. The highest BCUT2D eigenvalue weighted by atomic mass is 35.5. The predicted octanol–water partition coefficient (Wildman–Crippen LogP) is 6.05. The molecule has 1 N–H and O–H groups in total. The number of hydrogen-bond acceptors (Lipinski definition) is 4. The third-order valence-electron chi connectivity index (χ3n) is 4.63. The van der Waals surface area contributed by atoms with Crippen LogP contribution in [0.15, 0.2) is 53.4 Å². The smallest absolute Gasteiger partial charge is 0.266 e. The Morgan fingerprint density at radius 2 is 1.93 bits per heavy atom. The number of amides is 2. The van der Waals surface area contributed by atoms with Gasteiger partial charge in [-0.05, 0) is 61.2 Å². The number of nitrogens with zero attached hydrogens (tertiary/aromatic N) is 1. The van der Waals surface area contributed by atoms with Gasteiger partial charge in [0.2, 0.25) is 5.91 Å². The van der Waals surface area contributed by atoms with Crippen molar-refractivity contribution in [2.24, 2.45) is 0 Å². The lowest BCUT2D eigenvalue weighted by atomic mass is 10.1. The quantitative estimate of drug-likeness (QED) is 0.297. The van der Waals surface area contributed by atoms with E-state index in [0.717, 1.165) is 36.1 Å². The van der Waals surface area contributed by atoms with Gasteiger partial charge >= 0.3 is 0 Å². The molecule has 1 aliphatic rings. The molecule has 4 nitrogen and oxygen atoms in total. The molecule has 1 saturated heterocycles. The topological polar surface area (TPSA) is 49.4 Å². The van der Waals surface area contributed by atoms with E-state index in [1.54, 1.807) is 17.0 Å². The van der Waals surface area contributed by atoms with E-state index in [2.05, 4.69) is 5.32 Å². The van der Waals surface area contributed by atoms with Gasteiger partial charge in [0.15, 0.2) is 0 Å². The van der Waals surface area contributed by atoms with Crippen molar-refractivity contribution in [3.05, 3.63) is 69.6 Å². The Labute approximate surface area is 191 Å². The molecule has 1 heterocycles. The minimum atomic E-state index is -0.0582. The Morgan fingerprint density at radius 1 is 1.17 bits per heavy atom. The Balaban J connectivity index is 1.41. The molecular formula is C23H23ClN2O2S2. The maximum absolute atomic E-state index is 12.6. The normalized spacial score (nSPS) is 15.1. The zero-order chi connectivity index (χ0) is 21.5. The Kier molecular flexibility index (Phi) is 8.08. The molecule has 2 aromatic carbocycles. The number of hydrogen-bond donors (Lipinski definition) is 1. The van der Waals surface area contributed by atoms with Gasteiger partial charge in [0.05, 0.1) is 4.91 Å². The summed E-state index contributed by atoms with van der Waals surface area (Å²) in [4.78, 5) is 27.0. The summed E-state index contributed by atoms with van der Waals surface area (Å²) in [5, 5.41) is 3.58. The molecule has 0 unspecified atom stereocenters. The van der Waals surface area contributed by atoms with Crippen molar-refractivity contribution in [1.29, 1.82) is 0 Å². The number of anilines is 1. The SMILES string of the molecule is Cc1cccc(NC(=O)CCCCCN2C(=O)C(=Cc3ccc(Cl)cc3)SC2=S)c1. The third-order valence-corrected chi connectivity index (χ3v) is 6.26. The molecule has 0 atom stereocenters. The third kappa shape index (κ3) is 6.42. The number of halogens is 1. The molecule has 0 aromatic heterocycles. The zero-order valence-electron chi connectivity index (χ0n) is 16.7. The van der Waals surface area contributed by atoms with Crippen LogP contribution in [0.4, 0.5) is 5.69 Å².